The molecule has 0 spiro atoms. The number of amides is 1. The van der Waals surface area contributed by atoms with Crippen LogP contribution in [0.1, 0.15) is 36.0 Å². The molecule has 0 radical (unpaired) electrons. The summed E-state index contributed by atoms with van der Waals surface area (Å²) in [6, 6.07) is 3.14. The van der Waals surface area contributed by atoms with Gasteiger partial charge in [-0.15, -0.1) is 0 Å². The Morgan fingerprint density at radius 2 is 2.08 bits per heavy atom. The van der Waals surface area contributed by atoms with Gasteiger partial charge in [0.1, 0.15) is 5.75 Å². The van der Waals surface area contributed by atoms with Gasteiger partial charge in [0.15, 0.2) is 0 Å². The average molecular weight is 369 g/mol. The summed E-state index contributed by atoms with van der Waals surface area (Å²) in [7, 11) is 1.51. The summed E-state index contributed by atoms with van der Waals surface area (Å²) in [5.74, 6) is 0.767. The highest BCUT2D eigenvalue weighted by Gasteiger charge is 2.21. The van der Waals surface area contributed by atoms with Crippen LogP contribution in [0.5, 0.6) is 5.75 Å². The first-order valence-corrected chi connectivity index (χ1v) is 9.26. The molecule has 1 heterocycles. The summed E-state index contributed by atoms with van der Waals surface area (Å²) in [4.78, 5) is 14.9. The molecule has 0 unspecified atom stereocenters. The molecule has 2 rings (SSSR count). The van der Waals surface area contributed by atoms with Crippen LogP contribution in [0.4, 0.5) is 5.69 Å². The van der Waals surface area contributed by atoms with Crippen LogP contribution in [0.2, 0.25) is 5.02 Å². The number of nitrogens with one attached hydrogen (secondary N) is 1. The predicted octanol–water partition coefficient (Wildman–Crippen LogP) is 2.11. The number of halogens is 1. The second kappa shape index (κ2) is 9.85. The number of benzene rings is 1. The van der Waals surface area contributed by atoms with Gasteiger partial charge in [-0.25, -0.2) is 0 Å². The molecule has 7 heteroatoms. The van der Waals surface area contributed by atoms with E-state index in [1.807, 2.05) is 0 Å². The zero-order valence-electron chi connectivity index (χ0n) is 14.9. The molecule has 1 saturated heterocycles. The van der Waals surface area contributed by atoms with E-state index in [9.17, 15) is 4.79 Å². The maximum atomic E-state index is 12.5. The number of carbonyl (C=O) groups is 1. The Balaban J connectivity index is 1.80. The lowest BCUT2D eigenvalue weighted by molar-refractivity contribution is 0.0933. The Hall–Kier alpha value is -1.50. The van der Waals surface area contributed by atoms with Gasteiger partial charge in [-0.05, 0) is 63.8 Å². The van der Waals surface area contributed by atoms with Crippen LogP contribution in [0, 0.1) is 5.92 Å². The summed E-state index contributed by atoms with van der Waals surface area (Å²) in [5, 5.41) is 3.36. The van der Waals surface area contributed by atoms with Gasteiger partial charge in [0.05, 0.1) is 23.4 Å². The molecule has 6 nitrogen and oxygen atoms in total. The average Bonchev–Trinajstić information content (AvgIpc) is 2.62. The van der Waals surface area contributed by atoms with Crippen molar-refractivity contribution in [1.82, 2.24) is 10.2 Å². The van der Waals surface area contributed by atoms with E-state index in [0.717, 1.165) is 51.9 Å². The first-order chi connectivity index (χ1) is 12.0. The maximum Gasteiger partial charge on any atom is 0.255 e. The van der Waals surface area contributed by atoms with E-state index < -0.39 is 0 Å². The Morgan fingerprint density at radius 3 is 2.72 bits per heavy atom. The highest BCUT2D eigenvalue weighted by Crippen LogP contribution is 2.28. The Labute approximate surface area is 154 Å². The standard InChI is InChI=1S/C18H29ClN4O2/c1-25-17-11-16(21)15(19)10-14(17)18(24)22-12-13-4-8-23(9-5-13)7-3-2-6-20/h10-11,13H,2-9,12,20-21H2,1H3,(H,22,24). The van der Waals surface area contributed by atoms with Crippen LogP contribution >= 0.6 is 11.6 Å². The number of unbranched alkanes of at least 4 members (excludes halogenated alkanes) is 1. The molecular weight excluding hydrogens is 340 g/mol. The molecule has 25 heavy (non-hydrogen) atoms. The fraction of sp³-hybridized carbons (Fsp3) is 0.611. The molecule has 1 fully saturated rings. The van der Waals surface area contributed by atoms with E-state index in [1.165, 1.54) is 7.11 Å². The van der Waals surface area contributed by atoms with Crippen molar-refractivity contribution in [3.63, 3.8) is 0 Å². The molecule has 0 aromatic heterocycles. The number of hydrogen-bond acceptors (Lipinski definition) is 5. The molecule has 1 aliphatic heterocycles. The van der Waals surface area contributed by atoms with E-state index in [-0.39, 0.29) is 5.91 Å². The van der Waals surface area contributed by atoms with Crippen LogP contribution < -0.4 is 21.5 Å². The Kier molecular flexibility index (Phi) is 7.81. The van der Waals surface area contributed by atoms with Gasteiger partial charge in [-0.2, -0.15) is 0 Å². The second-order valence-electron chi connectivity index (χ2n) is 6.56. The largest absolute Gasteiger partial charge is 0.496 e. The van der Waals surface area contributed by atoms with Crippen molar-refractivity contribution in [2.75, 3.05) is 45.6 Å². The molecule has 140 valence electrons. The summed E-state index contributed by atoms with van der Waals surface area (Å²) in [6.07, 6.45) is 4.45. The number of nitrogen functional groups attached to an aromatic ring is 1. The minimum atomic E-state index is -0.177. The second-order valence-corrected chi connectivity index (χ2v) is 6.97. The minimum absolute atomic E-state index is 0.177. The third-order valence-corrected chi connectivity index (χ3v) is 5.08. The molecule has 5 N–H and O–H groups in total. The predicted molar refractivity (Wildman–Crippen MR) is 102 cm³/mol. The number of anilines is 1. The third-order valence-electron chi connectivity index (χ3n) is 4.75. The molecule has 0 atom stereocenters. The van der Waals surface area contributed by atoms with Crippen molar-refractivity contribution in [1.29, 1.82) is 0 Å². The van der Waals surface area contributed by atoms with Crippen molar-refractivity contribution < 1.29 is 9.53 Å². The lowest BCUT2D eigenvalue weighted by atomic mass is 9.96. The zero-order chi connectivity index (χ0) is 18.2. The van der Waals surface area contributed by atoms with Crippen LogP contribution in [0.3, 0.4) is 0 Å². The van der Waals surface area contributed by atoms with Gasteiger partial charge in [-0.1, -0.05) is 11.6 Å². The summed E-state index contributed by atoms with van der Waals surface area (Å²) in [5.41, 5.74) is 12.1. The number of nitrogens with two attached hydrogens (primary N) is 2. The third kappa shape index (κ3) is 5.76. The zero-order valence-corrected chi connectivity index (χ0v) is 15.6. The molecule has 0 bridgehead atoms. The molecule has 1 aromatic rings. The highest BCUT2D eigenvalue weighted by molar-refractivity contribution is 6.33. The summed E-state index contributed by atoms with van der Waals surface area (Å²) < 4.78 is 5.24. The van der Waals surface area contributed by atoms with E-state index in [4.69, 9.17) is 27.8 Å². The number of ether oxygens (including phenoxy) is 1. The van der Waals surface area contributed by atoms with Gasteiger partial charge in [0, 0.05) is 12.6 Å². The normalized spacial score (nSPS) is 16.0. The summed E-state index contributed by atoms with van der Waals surface area (Å²) >= 11 is 6.03. The van der Waals surface area contributed by atoms with Crippen molar-refractivity contribution in [2.45, 2.75) is 25.7 Å². The van der Waals surface area contributed by atoms with Crippen molar-refractivity contribution in [3.05, 3.63) is 22.7 Å². The van der Waals surface area contributed by atoms with Crippen LogP contribution in [-0.4, -0.2) is 50.6 Å². The fourth-order valence-corrected chi connectivity index (χ4v) is 3.31. The monoisotopic (exact) mass is 368 g/mol. The first kappa shape index (κ1) is 19.8. The summed E-state index contributed by atoms with van der Waals surface area (Å²) in [6.45, 7) is 4.73. The van der Waals surface area contributed by atoms with Crippen molar-refractivity contribution in [3.8, 4) is 5.75 Å². The van der Waals surface area contributed by atoms with Crippen molar-refractivity contribution >= 4 is 23.2 Å². The topological polar surface area (TPSA) is 93.6 Å². The highest BCUT2D eigenvalue weighted by atomic mass is 35.5. The van der Waals surface area contributed by atoms with Crippen LogP contribution in [0.25, 0.3) is 0 Å². The maximum absolute atomic E-state index is 12.5. The van der Waals surface area contributed by atoms with Gasteiger partial charge >= 0.3 is 0 Å². The fourth-order valence-electron chi connectivity index (χ4n) is 3.14. The number of nitrogens with zero attached hydrogens (tertiary/aromatic N) is 1. The number of likely N-dealkylation sites (tertiary alicyclic amines) is 1. The van der Waals surface area contributed by atoms with Crippen LogP contribution in [-0.2, 0) is 0 Å². The van der Waals surface area contributed by atoms with Crippen molar-refractivity contribution in [2.24, 2.45) is 11.7 Å². The lowest BCUT2D eigenvalue weighted by Gasteiger charge is -2.32. The quantitative estimate of drug-likeness (QED) is 0.482. The SMILES string of the molecule is COc1cc(N)c(Cl)cc1C(=O)NCC1CCN(CCCCN)CC1. The molecular formula is C18H29ClN4O2. The van der Waals surface area contributed by atoms with E-state index in [1.54, 1.807) is 12.1 Å². The molecule has 0 saturated carbocycles. The van der Waals surface area contributed by atoms with E-state index >= 15 is 0 Å². The molecule has 0 aliphatic carbocycles. The smallest absolute Gasteiger partial charge is 0.255 e. The molecule has 1 amide bonds. The van der Waals surface area contributed by atoms with Gasteiger partial charge in [0.25, 0.3) is 5.91 Å². The van der Waals surface area contributed by atoms with E-state index in [2.05, 4.69) is 10.2 Å². The van der Waals surface area contributed by atoms with E-state index in [0.29, 0.717) is 34.5 Å². The number of piperidine rings is 1. The number of methoxy groups -OCH3 is 1. The lowest BCUT2D eigenvalue weighted by Crippen LogP contribution is -2.39. The van der Waals surface area contributed by atoms with Gasteiger partial charge in [-0.3, -0.25) is 4.79 Å². The molecule has 1 aromatic carbocycles. The Morgan fingerprint density at radius 1 is 1.36 bits per heavy atom. The number of hydrogen-bond donors (Lipinski definition) is 3. The van der Waals surface area contributed by atoms with Gasteiger partial charge < -0.3 is 26.4 Å². The first-order valence-electron chi connectivity index (χ1n) is 8.88. The number of carbonyl (C=O) groups excluding carboxylic acids is 1. The van der Waals surface area contributed by atoms with Crippen LogP contribution in [0.15, 0.2) is 12.1 Å². The van der Waals surface area contributed by atoms with Gasteiger partial charge in [0.2, 0.25) is 0 Å². The minimum Gasteiger partial charge on any atom is -0.496 e. The Bertz CT molecular complexity index is 574. The molecule has 1 aliphatic rings. The number of rotatable bonds is 8.